The van der Waals surface area contributed by atoms with Crippen LogP contribution in [0.4, 0.5) is 20.6 Å². The first kappa shape index (κ1) is 18.8. The molecule has 1 unspecified atom stereocenters. The summed E-state index contributed by atoms with van der Waals surface area (Å²) in [6.07, 6.45) is 0.165. The summed E-state index contributed by atoms with van der Waals surface area (Å²) in [4.78, 5) is 12.0. The minimum Gasteiger partial charge on any atom is -0.444 e. The van der Waals surface area contributed by atoms with E-state index < -0.39 is 11.7 Å². The minimum atomic E-state index is -0.558. The maximum atomic E-state index is 13.3. The highest BCUT2D eigenvalue weighted by atomic mass is 19.1. The Labute approximate surface area is 148 Å². The Morgan fingerprint density at radius 1 is 1.12 bits per heavy atom. The second-order valence-corrected chi connectivity index (χ2v) is 7.05. The third kappa shape index (κ3) is 6.45. The van der Waals surface area contributed by atoms with Gasteiger partial charge in [-0.1, -0.05) is 24.3 Å². The Morgan fingerprint density at radius 3 is 2.44 bits per heavy atom. The van der Waals surface area contributed by atoms with Gasteiger partial charge in [0.25, 0.3) is 0 Å². The molecule has 0 aromatic heterocycles. The Morgan fingerprint density at radius 2 is 1.80 bits per heavy atom. The normalized spacial score (nSPS) is 12.4. The van der Waals surface area contributed by atoms with Crippen LogP contribution in [0.25, 0.3) is 0 Å². The molecule has 0 bridgehead atoms. The van der Waals surface area contributed by atoms with Crippen molar-refractivity contribution in [3.8, 4) is 0 Å². The fourth-order valence-electron chi connectivity index (χ4n) is 2.47. The van der Waals surface area contributed by atoms with Crippen molar-refractivity contribution >= 4 is 17.5 Å². The van der Waals surface area contributed by atoms with Crippen LogP contribution < -0.4 is 10.6 Å². The summed E-state index contributed by atoms with van der Waals surface area (Å²) in [6.45, 7) is 7.46. The van der Waals surface area contributed by atoms with Crippen LogP contribution in [0.3, 0.4) is 0 Å². The number of ether oxygens (including phenoxy) is 1. The molecule has 0 saturated heterocycles. The van der Waals surface area contributed by atoms with Crippen molar-refractivity contribution in [3.05, 3.63) is 59.9 Å². The van der Waals surface area contributed by atoms with Crippen LogP contribution in [0.15, 0.2) is 48.5 Å². The number of hydrogen-bond acceptors (Lipinski definition) is 3. The Hall–Kier alpha value is -2.56. The average molecular weight is 344 g/mol. The third-order valence-corrected chi connectivity index (χ3v) is 3.40. The smallest absolute Gasteiger partial charge is 0.412 e. The lowest BCUT2D eigenvalue weighted by atomic mass is 10.1. The van der Waals surface area contributed by atoms with Crippen molar-refractivity contribution < 1.29 is 13.9 Å². The predicted molar refractivity (Wildman–Crippen MR) is 99.5 cm³/mol. The Balaban J connectivity index is 2.03. The standard InChI is InChI=1S/C20H25FN2O2/c1-14(12-15-8-7-9-16(21)13-15)22-17-10-5-6-11-18(17)23-19(24)25-20(2,3)4/h5-11,13-14,22H,12H2,1-4H3,(H,23,24). The molecule has 25 heavy (non-hydrogen) atoms. The van der Waals surface area contributed by atoms with E-state index in [4.69, 9.17) is 4.74 Å². The van der Waals surface area contributed by atoms with E-state index in [0.717, 1.165) is 11.3 Å². The number of rotatable bonds is 5. The van der Waals surface area contributed by atoms with Crippen LogP contribution in [0.1, 0.15) is 33.3 Å². The van der Waals surface area contributed by atoms with Crippen LogP contribution in [0.5, 0.6) is 0 Å². The topological polar surface area (TPSA) is 50.4 Å². The summed E-state index contributed by atoms with van der Waals surface area (Å²) in [5.74, 6) is -0.239. The van der Waals surface area contributed by atoms with Gasteiger partial charge in [-0.05, 0) is 63.9 Å². The molecular weight excluding hydrogens is 319 g/mol. The van der Waals surface area contributed by atoms with Gasteiger partial charge in [0.15, 0.2) is 0 Å². The van der Waals surface area contributed by atoms with Crippen molar-refractivity contribution in [2.24, 2.45) is 0 Å². The molecule has 1 atom stereocenters. The first-order chi connectivity index (χ1) is 11.7. The molecule has 0 saturated carbocycles. The Kier molecular flexibility index (Phi) is 6.02. The number of halogens is 1. The number of carbonyl (C=O) groups is 1. The molecule has 5 heteroatoms. The summed E-state index contributed by atoms with van der Waals surface area (Å²) in [5.41, 5.74) is 1.79. The van der Waals surface area contributed by atoms with Crippen LogP contribution in [-0.2, 0) is 11.2 Å². The molecule has 2 aromatic carbocycles. The highest BCUT2D eigenvalue weighted by Gasteiger charge is 2.17. The van der Waals surface area contributed by atoms with Crippen LogP contribution in [-0.4, -0.2) is 17.7 Å². The molecule has 4 nitrogen and oxygen atoms in total. The summed E-state index contributed by atoms with van der Waals surface area (Å²) in [6, 6.07) is 14.0. The van der Waals surface area contributed by atoms with Gasteiger partial charge >= 0.3 is 6.09 Å². The molecule has 0 aliphatic carbocycles. The molecule has 1 amide bonds. The van der Waals surface area contributed by atoms with Gasteiger partial charge in [0.1, 0.15) is 11.4 Å². The third-order valence-electron chi connectivity index (χ3n) is 3.40. The van der Waals surface area contributed by atoms with Gasteiger partial charge in [-0.25, -0.2) is 9.18 Å². The second kappa shape index (κ2) is 8.01. The van der Waals surface area contributed by atoms with Crippen molar-refractivity contribution in [3.63, 3.8) is 0 Å². The summed E-state index contributed by atoms with van der Waals surface area (Å²) in [5, 5.41) is 6.12. The van der Waals surface area contributed by atoms with E-state index in [2.05, 4.69) is 10.6 Å². The van der Waals surface area contributed by atoms with Gasteiger partial charge in [-0.15, -0.1) is 0 Å². The van der Waals surface area contributed by atoms with E-state index in [0.29, 0.717) is 12.1 Å². The van der Waals surface area contributed by atoms with Crippen molar-refractivity contribution in [2.45, 2.75) is 45.8 Å². The van der Waals surface area contributed by atoms with E-state index >= 15 is 0 Å². The van der Waals surface area contributed by atoms with Gasteiger partial charge in [0.05, 0.1) is 11.4 Å². The van der Waals surface area contributed by atoms with Gasteiger partial charge in [-0.3, -0.25) is 5.32 Å². The van der Waals surface area contributed by atoms with Gasteiger partial charge < -0.3 is 10.1 Å². The number of para-hydroxylation sites is 2. The molecule has 0 aliphatic heterocycles. The number of benzene rings is 2. The average Bonchev–Trinajstić information content (AvgIpc) is 2.47. The van der Waals surface area contributed by atoms with Gasteiger partial charge in [0, 0.05) is 6.04 Å². The lowest BCUT2D eigenvalue weighted by molar-refractivity contribution is 0.0636. The van der Waals surface area contributed by atoms with Crippen LogP contribution in [0.2, 0.25) is 0 Å². The SMILES string of the molecule is CC(Cc1cccc(F)c1)Nc1ccccc1NC(=O)OC(C)(C)C. The van der Waals surface area contributed by atoms with E-state index in [-0.39, 0.29) is 11.9 Å². The first-order valence-corrected chi connectivity index (χ1v) is 8.33. The monoisotopic (exact) mass is 344 g/mol. The van der Waals surface area contributed by atoms with Crippen molar-refractivity contribution in [1.29, 1.82) is 0 Å². The molecule has 0 heterocycles. The van der Waals surface area contributed by atoms with E-state index in [9.17, 15) is 9.18 Å². The van der Waals surface area contributed by atoms with E-state index in [1.165, 1.54) is 12.1 Å². The molecule has 0 spiro atoms. The molecule has 0 radical (unpaired) electrons. The minimum absolute atomic E-state index is 0.0587. The van der Waals surface area contributed by atoms with E-state index in [1.54, 1.807) is 12.1 Å². The maximum absolute atomic E-state index is 13.3. The summed E-state index contributed by atoms with van der Waals surface area (Å²) >= 11 is 0. The number of carbonyl (C=O) groups excluding carboxylic acids is 1. The summed E-state index contributed by atoms with van der Waals surface area (Å²) < 4.78 is 18.6. The quantitative estimate of drug-likeness (QED) is 0.782. The molecule has 0 fully saturated rings. The number of amides is 1. The zero-order valence-corrected chi connectivity index (χ0v) is 15.1. The second-order valence-electron chi connectivity index (χ2n) is 7.05. The largest absolute Gasteiger partial charge is 0.444 e. The van der Waals surface area contributed by atoms with Crippen molar-refractivity contribution in [1.82, 2.24) is 0 Å². The van der Waals surface area contributed by atoms with Crippen LogP contribution >= 0.6 is 0 Å². The Bertz CT molecular complexity index is 726. The fraction of sp³-hybridized carbons (Fsp3) is 0.350. The van der Waals surface area contributed by atoms with Gasteiger partial charge in [-0.2, -0.15) is 0 Å². The molecular formula is C20H25FN2O2. The molecule has 2 rings (SSSR count). The lowest BCUT2D eigenvalue weighted by Crippen LogP contribution is -2.28. The molecule has 134 valence electrons. The fourth-order valence-corrected chi connectivity index (χ4v) is 2.47. The highest BCUT2D eigenvalue weighted by Crippen LogP contribution is 2.23. The molecule has 2 N–H and O–H groups in total. The van der Waals surface area contributed by atoms with Gasteiger partial charge in [0.2, 0.25) is 0 Å². The van der Waals surface area contributed by atoms with Crippen molar-refractivity contribution in [2.75, 3.05) is 10.6 Å². The lowest BCUT2D eigenvalue weighted by Gasteiger charge is -2.22. The zero-order chi connectivity index (χ0) is 18.4. The number of anilines is 2. The number of hydrogen-bond donors (Lipinski definition) is 2. The zero-order valence-electron chi connectivity index (χ0n) is 15.1. The molecule has 0 aliphatic rings. The first-order valence-electron chi connectivity index (χ1n) is 8.33. The molecule has 2 aromatic rings. The highest BCUT2D eigenvalue weighted by molar-refractivity contribution is 5.89. The van der Waals surface area contributed by atoms with E-state index in [1.807, 2.05) is 52.0 Å². The summed E-state index contributed by atoms with van der Waals surface area (Å²) in [7, 11) is 0. The predicted octanol–water partition coefficient (Wildman–Crippen LogP) is 5.22. The number of nitrogens with one attached hydrogen (secondary N) is 2. The maximum Gasteiger partial charge on any atom is 0.412 e. The van der Waals surface area contributed by atoms with Crippen LogP contribution in [0, 0.1) is 5.82 Å².